The highest BCUT2D eigenvalue weighted by molar-refractivity contribution is 7.92. The lowest BCUT2D eigenvalue weighted by atomic mass is 10.3. The molecule has 18 heavy (non-hydrogen) atoms. The van der Waals surface area contributed by atoms with Gasteiger partial charge in [0, 0.05) is 25.6 Å². The van der Waals surface area contributed by atoms with Crippen molar-refractivity contribution in [3.63, 3.8) is 0 Å². The Morgan fingerprint density at radius 2 is 2.11 bits per heavy atom. The van der Waals surface area contributed by atoms with E-state index in [1.807, 2.05) is 0 Å². The minimum Gasteiger partial charge on any atom is -0.356 e. The van der Waals surface area contributed by atoms with E-state index < -0.39 is 10.0 Å². The van der Waals surface area contributed by atoms with E-state index in [4.69, 9.17) is 11.6 Å². The normalized spacial score (nSPS) is 11.5. The van der Waals surface area contributed by atoms with Crippen LogP contribution in [0.2, 0.25) is 5.15 Å². The van der Waals surface area contributed by atoms with Crippen LogP contribution in [0.15, 0.2) is 35.6 Å². The zero-order valence-electron chi connectivity index (χ0n) is 9.88. The van der Waals surface area contributed by atoms with Crippen molar-refractivity contribution in [3.05, 3.63) is 41.4 Å². The largest absolute Gasteiger partial charge is 0.356 e. The highest BCUT2D eigenvalue weighted by atomic mass is 35.5. The van der Waals surface area contributed by atoms with Crippen LogP contribution >= 0.6 is 11.6 Å². The Balaban J connectivity index is 2.40. The maximum atomic E-state index is 12.1. The molecule has 0 aromatic carbocycles. The molecule has 0 saturated heterocycles. The third-order valence-electron chi connectivity index (χ3n) is 2.46. The first-order valence-electron chi connectivity index (χ1n) is 5.16. The molecule has 0 amide bonds. The predicted molar refractivity (Wildman–Crippen MR) is 70.2 cm³/mol. The summed E-state index contributed by atoms with van der Waals surface area (Å²) in [6, 6.07) is 3.21. The van der Waals surface area contributed by atoms with Crippen LogP contribution in [0.5, 0.6) is 0 Å². The summed E-state index contributed by atoms with van der Waals surface area (Å²) in [4.78, 5) is 4.04. The van der Waals surface area contributed by atoms with Crippen molar-refractivity contribution in [2.75, 3.05) is 4.72 Å². The van der Waals surface area contributed by atoms with Gasteiger partial charge in [0.1, 0.15) is 4.90 Å². The van der Waals surface area contributed by atoms with Gasteiger partial charge >= 0.3 is 0 Å². The van der Waals surface area contributed by atoms with E-state index in [0.717, 1.165) is 5.56 Å². The molecular weight excluding hydrogens is 274 g/mol. The molecule has 0 spiro atoms. The van der Waals surface area contributed by atoms with Crippen molar-refractivity contribution in [3.8, 4) is 0 Å². The molecule has 0 atom stereocenters. The molecule has 0 aliphatic heterocycles. The fraction of sp³-hybridized carbons (Fsp3) is 0.182. The average Bonchev–Trinajstić information content (AvgIpc) is 2.71. The standard InChI is InChI=1S/C11H12ClN3O2S/c1-8-3-5-13-11(12)10(8)14-18(16,17)9-4-6-15(2)7-9/h3-7,14H,1-2H3. The summed E-state index contributed by atoms with van der Waals surface area (Å²) >= 11 is 5.88. The van der Waals surface area contributed by atoms with E-state index in [1.54, 1.807) is 30.8 Å². The summed E-state index contributed by atoms with van der Waals surface area (Å²) in [5.74, 6) is 0. The van der Waals surface area contributed by atoms with Crippen molar-refractivity contribution in [2.24, 2.45) is 7.05 Å². The van der Waals surface area contributed by atoms with Crippen molar-refractivity contribution < 1.29 is 8.42 Å². The molecule has 96 valence electrons. The van der Waals surface area contributed by atoms with E-state index in [0.29, 0.717) is 5.69 Å². The van der Waals surface area contributed by atoms with Crippen LogP contribution in [0.1, 0.15) is 5.56 Å². The summed E-state index contributed by atoms with van der Waals surface area (Å²) in [6.07, 6.45) is 4.70. The van der Waals surface area contributed by atoms with E-state index >= 15 is 0 Å². The summed E-state index contributed by atoms with van der Waals surface area (Å²) in [5, 5.41) is 0.134. The van der Waals surface area contributed by atoms with Crippen LogP contribution in [-0.4, -0.2) is 18.0 Å². The lowest BCUT2D eigenvalue weighted by Crippen LogP contribution is -2.13. The van der Waals surface area contributed by atoms with Gasteiger partial charge in [0.2, 0.25) is 0 Å². The average molecular weight is 286 g/mol. The van der Waals surface area contributed by atoms with Crippen LogP contribution < -0.4 is 4.72 Å². The third kappa shape index (κ3) is 2.49. The molecule has 0 bridgehead atoms. The SMILES string of the molecule is Cc1ccnc(Cl)c1NS(=O)(=O)c1ccn(C)c1. The maximum absolute atomic E-state index is 12.1. The van der Waals surface area contributed by atoms with Gasteiger partial charge in [0.05, 0.1) is 5.69 Å². The molecule has 0 aliphatic rings. The van der Waals surface area contributed by atoms with E-state index in [9.17, 15) is 8.42 Å². The highest BCUT2D eigenvalue weighted by Crippen LogP contribution is 2.25. The van der Waals surface area contributed by atoms with Crippen LogP contribution in [0.25, 0.3) is 0 Å². The van der Waals surface area contributed by atoms with Gasteiger partial charge in [-0.1, -0.05) is 11.6 Å². The number of hydrogen-bond acceptors (Lipinski definition) is 3. The second-order valence-electron chi connectivity index (χ2n) is 3.91. The third-order valence-corrected chi connectivity index (χ3v) is 4.09. The lowest BCUT2D eigenvalue weighted by Gasteiger charge is -2.10. The van der Waals surface area contributed by atoms with Crippen LogP contribution in [0, 0.1) is 6.92 Å². The Morgan fingerprint density at radius 1 is 1.39 bits per heavy atom. The second kappa shape index (κ2) is 4.62. The zero-order valence-corrected chi connectivity index (χ0v) is 11.5. The molecule has 2 aromatic rings. The van der Waals surface area contributed by atoms with Gasteiger partial charge in [0.15, 0.2) is 5.15 Å². The monoisotopic (exact) mass is 285 g/mol. The highest BCUT2D eigenvalue weighted by Gasteiger charge is 2.18. The van der Waals surface area contributed by atoms with E-state index in [-0.39, 0.29) is 10.0 Å². The molecule has 2 heterocycles. The number of halogens is 1. The van der Waals surface area contributed by atoms with Crippen molar-refractivity contribution in [1.82, 2.24) is 9.55 Å². The van der Waals surface area contributed by atoms with Gasteiger partial charge in [-0.25, -0.2) is 13.4 Å². The smallest absolute Gasteiger partial charge is 0.263 e. The van der Waals surface area contributed by atoms with Gasteiger partial charge in [-0.2, -0.15) is 0 Å². The number of nitrogens with one attached hydrogen (secondary N) is 1. The fourth-order valence-electron chi connectivity index (χ4n) is 1.48. The van der Waals surface area contributed by atoms with Crippen LogP contribution in [0.3, 0.4) is 0 Å². The number of nitrogens with zero attached hydrogens (tertiary/aromatic N) is 2. The Morgan fingerprint density at radius 3 is 2.67 bits per heavy atom. The molecule has 0 fully saturated rings. The topological polar surface area (TPSA) is 64.0 Å². The zero-order chi connectivity index (χ0) is 13.3. The number of aromatic nitrogens is 2. The molecular formula is C11H12ClN3O2S. The summed E-state index contributed by atoms with van der Waals surface area (Å²) in [6.45, 7) is 1.76. The molecule has 0 unspecified atom stereocenters. The number of aryl methyl sites for hydroxylation is 2. The number of sulfonamides is 1. The number of anilines is 1. The predicted octanol–water partition coefficient (Wildman–Crippen LogP) is 2.18. The lowest BCUT2D eigenvalue weighted by molar-refractivity contribution is 0.601. The van der Waals surface area contributed by atoms with Gasteiger partial charge < -0.3 is 4.57 Å². The Kier molecular flexibility index (Phi) is 3.32. The summed E-state index contributed by atoms with van der Waals surface area (Å²) in [5.41, 5.74) is 1.03. The van der Waals surface area contributed by atoms with Gasteiger partial charge in [-0.3, -0.25) is 4.72 Å². The molecule has 5 nitrogen and oxygen atoms in total. The Hall–Kier alpha value is -1.53. The molecule has 7 heteroatoms. The van der Waals surface area contributed by atoms with Gasteiger partial charge in [0.25, 0.3) is 10.0 Å². The quantitative estimate of drug-likeness (QED) is 0.879. The van der Waals surface area contributed by atoms with Gasteiger partial charge in [-0.15, -0.1) is 0 Å². The molecule has 0 radical (unpaired) electrons. The molecule has 2 aromatic heterocycles. The number of pyridine rings is 1. The first kappa shape index (κ1) is 12.9. The number of hydrogen-bond donors (Lipinski definition) is 1. The summed E-state index contributed by atoms with van der Waals surface area (Å²) in [7, 11) is -1.88. The minimum atomic E-state index is -3.63. The first-order valence-corrected chi connectivity index (χ1v) is 7.02. The molecule has 2 rings (SSSR count). The van der Waals surface area contributed by atoms with Crippen LogP contribution in [0.4, 0.5) is 5.69 Å². The Bertz CT molecular complexity index is 659. The molecule has 0 aliphatic carbocycles. The van der Waals surface area contributed by atoms with Gasteiger partial charge in [-0.05, 0) is 24.6 Å². The number of rotatable bonds is 3. The maximum Gasteiger partial charge on any atom is 0.263 e. The van der Waals surface area contributed by atoms with Crippen molar-refractivity contribution in [1.29, 1.82) is 0 Å². The minimum absolute atomic E-state index is 0.134. The van der Waals surface area contributed by atoms with Crippen LogP contribution in [-0.2, 0) is 17.1 Å². The van der Waals surface area contributed by atoms with E-state index in [1.165, 1.54) is 18.5 Å². The fourth-order valence-corrected chi connectivity index (χ4v) is 2.98. The summed E-state index contributed by atoms with van der Waals surface area (Å²) < 4.78 is 28.3. The molecule has 0 saturated carbocycles. The second-order valence-corrected chi connectivity index (χ2v) is 5.95. The molecule has 1 N–H and O–H groups in total. The first-order chi connectivity index (χ1) is 8.40. The van der Waals surface area contributed by atoms with Crippen molar-refractivity contribution >= 4 is 27.3 Å². The Labute approximate surface area is 110 Å². The van der Waals surface area contributed by atoms with Crippen molar-refractivity contribution in [2.45, 2.75) is 11.8 Å². The van der Waals surface area contributed by atoms with E-state index in [2.05, 4.69) is 9.71 Å².